The minimum absolute atomic E-state index is 0.0196. The third kappa shape index (κ3) is 5.45. The van der Waals surface area contributed by atoms with Gasteiger partial charge in [0, 0.05) is 5.56 Å². The predicted molar refractivity (Wildman–Crippen MR) is 118 cm³/mol. The molecule has 3 rings (SSSR count). The number of methoxy groups -OCH3 is 1. The summed E-state index contributed by atoms with van der Waals surface area (Å²) >= 11 is 0. The molecule has 0 fully saturated rings. The maximum Gasteiger partial charge on any atom is 0.337 e. The van der Waals surface area contributed by atoms with Crippen LogP contribution in [0.2, 0.25) is 0 Å². The van der Waals surface area contributed by atoms with Crippen LogP contribution in [0.15, 0.2) is 72.8 Å². The van der Waals surface area contributed by atoms with Crippen molar-refractivity contribution in [2.75, 3.05) is 7.11 Å². The standard InChI is InChI=1S/C26H24O4/c1-18-4-10-23(16-19(18)2)25(27)15-9-20-7-13-24(14-8-20)30-17-21-5-11-22(12-6-21)26(28)29-3/h4-16H,17H2,1-3H3/b15-9+. The molecule has 0 aliphatic heterocycles. The first-order chi connectivity index (χ1) is 14.5. The van der Waals surface area contributed by atoms with E-state index in [2.05, 4.69) is 4.74 Å². The van der Waals surface area contributed by atoms with Crippen LogP contribution in [0.3, 0.4) is 0 Å². The van der Waals surface area contributed by atoms with Crippen LogP contribution in [0.5, 0.6) is 5.75 Å². The van der Waals surface area contributed by atoms with E-state index in [0.29, 0.717) is 17.7 Å². The predicted octanol–water partition coefficient (Wildman–Crippen LogP) is 5.57. The van der Waals surface area contributed by atoms with Crippen LogP contribution in [0.4, 0.5) is 0 Å². The Morgan fingerprint density at radius 3 is 2.13 bits per heavy atom. The Labute approximate surface area is 176 Å². The molecule has 0 aliphatic carbocycles. The number of carbonyl (C=O) groups excluding carboxylic acids is 2. The van der Waals surface area contributed by atoms with Gasteiger partial charge < -0.3 is 9.47 Å². The van der Waals surface area contributed by atoms with E-state index in [4.69, 9.17) is 4.74 Å². The van der Waals surface area contributed by atoms with Crippen molar-refractivity contribution in [3.8, 4) is 5.75 Å². The van der Waals surface area contributed by atoms with Crippen molar-refractivity contribution in [3.63, 3.8) is 0 Å². The van der Waals surface area contributed by atoms with Gasteiger partial charge >= 0.3 is 5.97 Å². The number of benzene rings is 3. The van der Waals surface area contributed by atoms with E-state index in [1.54, 1.807) is 24.3 Å². The number of carbonyl (C=O) groups is 2. The Balaban J connectivity index is 1.56. The molecule has 0 radical (unpaired) electrons. The molecule has 0 saturated heterocycles. The molecule has 0 bridgehead atoms. The number of allylic oxidation sites excluding steroid dienone is 1. The van der Waals surface area contributed by atoms with Crippen LogP contribution in [0, 0.1) is 13.8 Å². The third-order valence-corrected chi connectivity index (χ3v) is 4.88. The lowest BCUT2D eigenvalue weighted by atomic mass is 10.0. The van der Waals surface area contributed by atoms with Crippen molar-refractivity contribution in [2.45, 2.75) is 20.5 Å². The summed E-state index contributed by atoms with van der Waals surface area (Å²) in [6.45, 7) is 4.42. The molecule has 4 heteroatoms. The largest absolute Gasteiger partial charge is 0.489 e. The highest BCUT2D eigenvalue weighted by Gasteiger charge is 2.05. The molecule has 0 unspecified atom stereocenters. The fraction of sp³-hybridized carbons (Fsp3) is 0.154. The number of ketones is 1. The van der Waals surface area contributed by atoms with Crippen LogP contribution >= 0.6 is 0 Å². The number of rotatable bonds is 7. The fourth-order valence-electron chi connectivity index (χ4n) is 2.86. The van der Waals surface area contributed by atoms with Gasteiger partial charge in [0.2, 0.25) is 0 Å². The lowest BCUT2D eigenvalue weighted by Gasteiger charge is -2.07. The summed E-state index contributed by atoms with van der Waals surface area (Å²) in [5, 5.41) is 0. The van der Waals surface area contributed by atoms with Gasteiger partial charge in [-0.1, -0.05) is 42.5 Å². The normalized spacial score (nSPS) is 10.8. The summed E-state index contributed by atoms with van der Waals surface area (Å²) in [5.74, 6) is 0.348. The highest BCUT2D eigenvalue weighted by Crippen LogP contribution is 2.17. The maximum atomic E-state index is 12.4. The van der Waals surface area contributed by atoms with E-state index in [1.165, 1.54) is 12.7 Å². The molecule has 3 aromatic carbocycles. The third-order valence-electron chi connectivity index (χ3n) is 4.88. The zero-order chi connectivity index (χ0) is 21.5. The second-order valence-electron chi connectivity index (χ2n) is 7.04. The quantitative estimate of drug-likeness (QED) is 0.296. The monoisotopic (exact) mass is 400 g/mol. The van der Waals surface area contributed by atoms with Gasteiger partial charge in [0.15, 0.2) is 5.78 Å². The van der Waals surface area contributed by atoms with Gasteiger partial charge in [-0.15, -0.1) is 0 Å². The number of hydrogen-bond acceptors (Lipinski definition) is 4. The molecule has 0 aromatic heterocycles. The molecule has 30 heavy (non-hydrogen) atoms. The van der Waals surface area contributed by atoms with E-state index in [1.807, 2.05) is 68.4 Å². The maximum absolute atomic E-state index is 12.4. The van der Waals surface area contributed by atoms with E-state index in [9.17, 15) is 9.59 Å². The van der Waals surface area contributed by atoms with Gasteiger partial charge in [0.05, 0.1) is 12.7 Å². The minimum atomic E-state index is -0.359. The molecular formula is C26H24O4. The van der Waals surface area contributed by atoms with Gasteiger partial charge in [-0.3, -0.25) is 4.79 Å². The Kier molecular flexibility index (Phi) is 6.81. The minimum Gasteiger partial charge on any atom is -0.489 e. The summed E-state index contributed by atoms with van der Waals surface area (Å²) in [6.07, 6.45) is 3.38. The molecule has 4 nitrogen and oxygen atoms in total. The lowest BCUT2D eigenvalue weighted by Crippen LogP contribution is -2.01. The number of hydrogen-bond donors (Lipinski definition) is 0. The smallest absolute Gasteiger partial charge is 0.337 e. The van der Waals surface area contributed by atoms with Crippen LogP contribution in [-0.4, -0.2) is 18.9 Å². The highest BCUT2D eigenvalue weighted by atomic mass is 16.5. The molecular weight excluding hydrogens is 376 g/mol. The molecule has 0 aliphatic rings. The molecule has 0 amide bonds. The first kappa shape index (κ1) is 21.1. The van der Waals surface area contributed by atoms with Crippen molar-refractivity contribution in [1.82, 2.24) is 0 Å². The summed E-state index contributed by atoms with van der Waals surface area (Å²) in [4.78, 5) is 23.8. The molecule has 0 spiro atoms. The van der Waals surface area contributed by atoms with E-state index in [0.717, 1.165) is 22.4 Å². The van der Waals surface area contributed by atoms with Gasteiger partial charge in [-0.05, 0) is 72.5 Å². The van der Waals surface area contributed by atoms with Crippen molar-refractivity contribution in [2.24, 2.45) is 0 Å². The van der Waals surface area contributed by atoms with Gasteiger partial charge in [-0.25, -0.2) is 4.79 Å². The molecule has 0 heterocycles. The van der Waals surface area contributed by atoms with Gasteiger partial charge in [-0.2, -0.15) is 0 Å². The summed E-state index contributed by atoms with van der Waals surface area (Å²) < 4.78 is 10.5. The van der Waals surface area contributed by atoms with Gasteiger partial charge in [0.25, 0.3) is 0 Å². The summed E-state index contributed by atoms with van der Waals surface area (Å²) in [6, 6.07) is 20.4. The van der Waals surface area contributed by atoms with Crippen LogP contribution < -0.4 is 4.74 Å². The number of aryl methyl sites for hydroxylation is 2. The molecule has 0 saturated carbocycles. The van der Waals surface area contributed by atoms with E-state index >= 15 is 0 Å². The van der Waals surface area contributed by atoms with Gasteiger partial charge in [0.1, 0.15) is 12.4 Å². The van der Waals surface area contributed by atoms with Crippen molar-refractivity contribution in [1.29, 1.82) is 0 Å². The average molecular weight is 400 g/mol. The Morgan fingerprint density at radius 2 is 1.50 bits per heavy atom. The molecule has 3 aromatic rings. The Bertz CT molecular complexity index is 1060. The van der Waals surface area contributed by atoms with Crippen LogP contribution in [-0.2, 0) is 11.3 Å². The lowest BCUT2D eigenvalue weighted by molar-refractivity contribution is 0.0600. The van der Waals surface area contributed by atoms with E-state index < -0.39 is 0 Å². The SMILES string of the molecule is COC(=O)c1ccc(COc2ccc(/C=C/C(=O)c3ccc(C)c(C)c3)cc2)cc1. The number of esters is 1. The van der Waals surface area contributed by atoms with E-state index in [-0.39, 0.29) is 11.8 Å². The highest BCUT2D eigenvalue weighted by molar-refractivity contribution is 6.06. The summed E-state index contributed by atoms with van der Waals surface area (Å²) in [5.41, 5.74) is 5.34. The van der Waals surface area contributed by atoms with Crippen molar-refractivity contribution in [3.05, 3.63) is 106 Å². The number of ether oxygens (including phenoxy) is 2. The first-order valence-corrected chi connectivity index (χ1v) is 9.66. The molecule has 0 atom stereocenters. The van der Waals surface area contributed by atoms with Crippen molar-refractivity contribution >= 4 is 17.8 Å². The fourth-order valence-corrected chi connectivity index (χ4v) is 2.86. The van der Waals surface area contributed by atoms with Crippen LogP contribution in [0.1, 0.15) is 43.0 Å². The summed E-state index contributed by atoms with van der Waals surface area (Å²) in [7, 11) is 1.36. The molecule has 152 valence electrons. The average Bonchev–Trinajstić information content (AvgIpc) is 2.78. The Morgan fingerprint density at radius 1 is 0.833 bits per heavy atom. The first-order valence-electron chi connectivity index (χ1n) is 9.66. The molecule has 0 N–H and O–H groups in total. The topological polar surface area (TPSA) is 52.6 Å². The second-order valence-corrected chi connectivity index (χ2v) is 7.04. The zero-order valence-electron chi connectivity index (χ0n) is 17.3. The zero-order valence-corrected chi connectivity index (χ0v) is 17.3. The second kappa shape index (κ2) is 9.70. The van der Waals surface area contributed by atoms with Crippen molar-refractivity contribution < 1.29 is 19.1 Å². The van der Waals surface area contributed by atoms with Crippen LogP contribution in [0.25, 0.3) is 6.08 Å². The Hall–Kier alpha value is -3.66.